The van der Waals surface area contributed by atoms with Crippen LogP contribution in [0.1, 0.15) is 24.2 Å². The molecule has 1 aliphatic rings. The van der Waals surface area contributed by atoms with E-state index in [0.717, 1.165) is 12.1 Å². The second kappa shape index (κ2) is 5.46. The minimum absolute atomic E-state index is 0.120. The van der Waals surface area contributed by atoms with Crippen LogP contribution < -0.4 is 5.73 Å². The van der Waals surface area contributed by atoms with Gasteiger partial charge in [0.1, 0.15) is 0 Å². The molecule has 1 unspecified atom stereocenters. The molecule has 0 spiro atoms. The second-order valence-corrected chi connectivity index (χ2v) is 5.53. The zero-order chi connectivity index (χ0) is 14.9. The van der Waals surface area contributed by atoms with Gasteiger partial charge in [0.2, 0.25) is 0 Å². The van der Waals surface area contributed by atoms with Crippen LogP contribution in [0.15, 0.2) is 18.2 Å². The molecular formula is C14H18F2N2O2. The topological polar surface area (TPSA) is 55.6 Å². The number of carbonyl (C=O) groups excluding carboxylic acids is 1. The van der Waals surface area contributed by atoms with E-state index in [4.69, 9.17) is 10.5 Å². The average Bonchev–Trinajstić information content (AvgIpc) is 2.41. The number of nitrogens with two attached hydrogens (primary N) is 1. The Hall–Kier alpha value is -1.53. The van der Waals surface area contributed by atoms with E-state index in [9.17, 15) is 13.6 Å². The summed E-state index contributed by atoms with van der Waals surface area (Å²) in [6.07, 6.45) is -0.239. The fourth-order valence-corrected chi connectivity index (χ4v) is 2.19. The molecule has 1 aromatic rings. The molecule has 2 rings (SSSR count). The summed E-state index contributed by atoms with van der Waals surface area (Å²) in [5, 5.41) is 0. The minimum atomic E-state index is -1.03. The number of ether oxygens (including phenoxy) is 1. The van der Waals surface area contributed by atoms with E-state index in [1.54, 1.807) is 4.90 Å². The van der Waals surface area contributed by atoms with Crippen LogP contribution in [-0.4, -0.2) is 42.1 Å². The first kappa shape index (κ1) is 14.9. The number of halogens is 2. The summed E-state index contributed by atoms with van der Waals surface area (Å²) in [4.78, 5) is 14.1. The quantitative estimate of drug-likeness (QED) is 0.896. The smallest absolute Gasteiger partial charge is 0.254 e. The molecule has 1 atom stereocenters. The lowest BCUT2D eigenvalue weighted by Crippen LogP contribution is -2.59. The molecule has 20 heavy (non-hydrogen) atoms. The predicted octanol–water partition coefficient (Wildman–Crippen LogP) is 1.54. The molecule has 1 saturated heterocycles. The highest BCUT2D eigenvalue weighted by Gasteiger charge is 2.38. The number of hydrogen-bond acceptors (Lipinski definition) is 3. The molecule has 1 aromatic carbocycles. The number of amides is 1. The molecule has 1 aliphatic heterocycles. The highest BCUT2D eigenvalue weighted by atomic mass is 19.2. The summed E-state index contributed by atoms with van der Waals surface area (Å²) in [6.45, 7) is 4.71. The van der Waals surface area contributed by atoms with Crippen LogP contribution in [0.2, 0.25) is 0 Å². The lowest BCUT2D eigenvalue weighted by atomic mass is 9.99. The van der Waals surface area contributed by atoms with Crippen molar-refractivity contribution in [1.82, 2.24) is 4.90 Å². The van der Waals surface area contributed by atoms with Gasteiger partial charge in [0.15, 0.2) is 11.6 Å². The van der Waals surface area contributed by atoms with Crippen molar-refractivity contribution in [2.75, 3.05) is 19.7 Å². The lowest BCUT2D eigenvalue weighted by molar-refractivity contribution is -0.0788. The highest BCUT2D eigenvalue weighted by Crippen LogP contribution is 2.24. The molecule has 6 heteroatoms. The van der Waals surface area contributed by atoms with Crippen molar-refractivity contribution in [2.24, 2.45) is 5.73 Å². The Kier molecular flexibility index (Phi) is 4.06. The summed E-state index contributed by atoms with van der Waals surface area (Å²) in [7, 11) is 0. The molecule has 0 saturated carbocycles. The number of rotatable bonds is 2. The van der Waals surface area contributed by atoms with Crippen molar-refractivity contribution in [3.8, 4) is 0 Å². The van der Waals surface area contributed by atoms with Crippen molar-refractivity contribution < 1.29 is 18.3 Å². The highest BCUT2D eigenvalue weighted by molar-refractivity contribution is 5.94. The van der Waals surface area contributed by atoms with E-state index >= 15 is 0 Å². The largest absolute Gasteiger partial charge is 0.373 e. The number of hydrogen-bond donors (Lipinski definition) is 1. The number of morpholine rings is 1. The Balaban J connectivity index is 2.27. The fourth-order valence-electron chi connectivity index (χ4n) is 2.19. The van der Waals surface area contributed by atoms with E-state index in [0.29, 0.717) is 19.7 Å². The van der Waals surface area contributed by atoms with Gasteiger partial charge in [0.05, 0.1) is 18.2 Å². The molecule has 0 bridgehead atoms. The summed E-state index contributed by atoms with van der Waals surface area (Å²) in [5.41, 5.74) is 5.16. The van der Waals surface area contributed by atoms with Gasteiger partial charge >= 0.3 is 0 Å². The zero-order valence-electron chi connectivity index (χ0n) is 11.5. The third-order valence-electron chi connectivity index (χ3n) is 3.46. The van der Waals surface area contributed by atoms with Crippen LogP contribution in [0.25, 0.3) is 0 Å². The van der Waals surface area contributed by atoms with Gasteiger partial charge in [-0.1, -0.05) is 0 Å². The fraction of sp³-hybridized carbons (Fsp3) is 0.500. The number of nitrogens with zero attached hydrogens (tertiary/aromatic N) is 1. The molecule has 1 fully saturated rings. The minimum Gasteiger partial charge on any atom is -0.373 e. The second-order valence-electron chi connectivity index (χ2n) is 5.53. The van der Waals surface area contributed by atoms with E-state index < -0.39 is 17.2 Å². The van der Waals surface area contributed by atoms with Gasteiger partial charge in [0.25, 0.3) is 5.91 Å². The average molecular weight is 284 g/mol. The Morgan fingerprint density at radius 1 is 1.45 bits per heavy atom. The summed E-state index contributed by atoms with van der Waals surface area (Å²) in [5.74, 6) is -2.35. The van der Waals surface area contributed by atoms with Gasteiger partial charge in [-0.3, -0.25) is 4.79 Å². The van der Waals surface area contributed by atoms with Crippen LogP contribution >= 0.6 is 0 Å². The maximum absolute atomic E-state index is 13.3. The standard InChI is InChI=1S/C14H18F2N2O2/c1-14(2)8-20-10(6-17)7-18(14)13(19)9-3-4-11(15)12(16)5-9/h3-5,10H,6-8,17H2,1-2H3. The van der Waals surface area contributed by atoms with E-state index in [2.05, 4.69) is 0 Å². The van der Waals surface area contributed by atoms with Crippen LogP contribution in [0.4, 0.5) is 8.78 Å². The van der Waals surface area contributed by atoms with Crippen LogP contribution in [0.5, 0.6) is 0 Å². The van der Waals surface area contributed by atoms with Gasteiger partial charge in [-0.25, -0.2) is 8.78 Å². The molecule has 4 nitrogen and oxygen atoms in total. The Bertz CT molecular complexity index is 520. The van der Waals surface area contributed by atoms with Crippen molar-refractivity contribution in [3.05, 3.63) is 35.4 Å². The molecular weight excluding hydrogens is 266 g/mol. The van der Waals surface area contributed by atoms with Gasteiger partial charge < -0.3 is 15.4 Å². The predicted molar refractivity (Wildman–Crippen MR) is 70.3 cm³/mol. The maximum atomic E-state index is 13.3. The Morgan fingerprint density at radius 2 is 2.15 bits per heavy atom. The van der Waals surface area contributed by atoms with E-state index in [1.807, 2.05) is 13.8 Å². The normalized spacial score (nSPS) is 21.9. The maximum Gasteiger partial charge on any atom is 0.254 e. The molecule has 1 heterocycles. The van der Waals surface area contributed by atoms with Crippen LogP contribution in [-0.2, 0) is 4.74 Å². The number of benzene rings is 1. The van der Waals surface area contributed by atoms with Crippen LogP contribution in [0, 0.1) is 11.6 Å². The first-order valence-electron chi connectivity index (χ1n) is 6.44. The van der Waals surface area contributed by atoms with E-state index in [-0.39, 0.29) is 17.6 Å². The molecule has 0 aliphatic carbocycles. The summed E-state index contributed by atoms with van der Waals surface area (Å²) >= 11 is 0. The van der Waals surface area contributed by atoms with Crippen molar-refractivity contribution in [1.29, 1.82) is 0 Å². The van der Waals surface area contributed by atoms with Gasteiger partial charge in [0, 0.05) is 18.7 Å². The first-order chi connectivity index (χ1) is 9.35. The monoisotopic (exact) mass is 284 g/mol. The molecule has 2 N–H and O–H groups in total. The third kappa shape index (κ3) is 2.81. The molecule has 0 aromatic heterocycles. The van der Waals surface area contributed by atoms with Gasteiger partial charge in [-0.05, 0) is 32.0 Å². The Morgan fingerprint density at radius 3 is 2.75 bits per heavy atom. The third-order valence-corrected chi connectivity index (χ3v) is 3.46. The lowest BCUT2D eigenvalue weighted by Gasteiger charge is -2.45. The van der Waals surface area contributed by atoms with Crippen molar-refractivity contribution in [3.63, 3.8) is 0 Å². The zero-order valence-corrected chi connectivity index (χ0v) is 11.5. The van der Waals surface area contributed by atoms with Gasteiger partial charge in [-0.2, -0.15) is 0 Å². The molecule has 110 valence electrons. The van der Waals surface area contributed by atoms with E-state index in [1.165, 1.54) is 6.07 Å². The molecule has 0 radical (unpaired) electrons. The first-order valence-corrected chi connectivity index (χ1v) is 6.44. The Labute approximate surface area is 116 Å². The number of carbonyl (C=O) groups is 1. The molecule has 1 amide bonds. The SMILES string of the molecule is CC1(C)COC(CN)CN1C(=O)c1ccc(F)c(F)c1. The van der Waals surface area contributed by atoms with Gasteiger partial charge in [-0.15, -0.1) is 0 Å². The summed E-state index contributed by atoms with van der Waals surface area (Å²) in [6, 6.07) is 3.15. The van der Waals surface area contributed by atoms with Crippen molar-refractivity contribution >= 4 is 5.91 Å². The van der Waals surface area contributed by atoms with Crippen LogP contribution in [0.3, 0.4) is 0 Å². The summed E-state index contributed by atoms with van der Waals surface area (Å²) < 4.78 is 31.7. The van der Waals surface area contributed by atoms with Crippen molar-refractivity contribution in [2.45, 2.75) is 25.5 Å².